The minimum absolute atomic E-state index is 0.162. The van der Waals surface area contributed by atoms with Gasteiger partial charge in [0.15, 0.2) is 0 Å². The van der Waals surface area contributed by atoms with Gasteiger partial charge >= 0.3 is 5.97 Å². The van der Waals surface area contributed by atoms with Gasteiger partial charge in [-0.05, 0) is 40.0 Å². The third kappa shape index (κ3) is 6.50. The van der Waals surface area contributed by atoms with Crippen molar-refractivity contribution in [3.63, 3.8) is 0 Å². The Bertz CT molecular complexity index is 216. The van der Waals surface area contributed by atoms with Crippen LogP contribution in [0.15, 0.2) is 0 Å². The summed E-state index contributed by atoms with van der Waals surface area (Å²) in [5.41, 5.74) is -0.376. The zero-order valence-electron chi connectivity index (χ0n) is 10.3. The Morgan fingerprint density at radius 3 is 2.53 bits per heavy atom. The standard InChI is InChI=1S/C12H23NO2/c1-9(7-10-5-6-10)13-8-11(14)15-12(2,3)4/h9-10,13H,5-8H2,1-4H3. The van der Waals surface area contributed by atoms with E-state index in [1.807, 2.05) is 20.8 Å². The second-order valence-corrected chi connectivity index (χ2v) is 5.55. The van der Waals surface area contributed by atoms with Gasteiger partial charge in [0.2, 0.25) is 0 Å². The summed E-state index contributed by atoms with van der Waals surface area (Å²) in [5.74, 6) is 0.733. The molecule has 0 heterocycles. The van der Waals surface area contributed by atoms with Gasteiger partial charge in [0, 0.05) is 6.04 Å². The van der Waals surface area contributed by atoms with Crippen LogP contribution in [0.25, 0.3) is 0 Å². The second-order valence-electron chi connectivity index (χ2n) is 5.55. The third-order valence-corrected chi connectivity index (χ3v) is 2.40. The minimum atomic E-state index is -0.376. The smallest absolute Gasteiger partial charge is 0.320 e. The predicted molar refractivity (Wildman–Crippen MR) is 60.7 cm³/mol. The van der Waals surface area contributed by atoms with Gasteiger partial charge in [-0.2, -0.15) is 0 Å². The highest BCUT2D eigenvalue weighted by atomic mass is 16.6. The summed E-state index contributed by atoms with van der Waals surface area (Å²) < 4.78 is 5.21. The van der Waals surface area contributed by atoms with E-state index in [1.165, 1.54) is 19.3 Å². The van der Waals surface area contributed by atoms with Crippen molar-refractivity contribution in [3.05, 3.63) is 0 Å². The van der Waals surface area contributed by atoms with E-state index in [9.17, 15) is 4.79 Å². The van der Waals surface area contributed by atoms with Crippen LogP contribution in [0.2, 0.25) is 0 Å². The number of rotatable bonds is 5. The molecule has 0 aromatic heterocycles. The first-order valence-corrected chi connectivity index (χ1v) is 5.82. The molecule has 1 atom stereocenters. The average molecular weight is 213 g/mol. The maximum Gasteiger partial charge on any atom is 0.320 e. The summed E-state index contributed by atoms with van der Waals surface area (Å²) in [5, 5.41) is 3.20. The maximum absolute atomic E-state index is 11.4. The van der Waals surface area contributed by atoms with Gasteiger partial charge in [0.05, 0.1) is 6.54 Å². The summed E-state index contributed by atoms with van der Waals surface area (Å²) in [4.78, 5) is 11.4. The largest absolute Gasteiger partial charge is 0.459 e. The molecule has 0 bridgehead atoms. The van der Waals surface area contributed by atoms with Gasteiger partial charge in [-0.25, -0.2) is 0 Å². The fourth-order valence-electron chi connectivity index (χ4n) is 1.57. The molecule has 0 amide bonds. The van der Waals surface area contributed by atoms with Gasteiger partial charge in [-0.15, -0.1) is 0 Å². The van der Waals surface area contributed by atoms with Crippen LogP contribution in [0.1, 0.15) is 47.0 Å². The van der Waals surface area contributed by atoms with Crippen molar-refractivity contribution < 1.29 is 9.53 Å². The minimum Gasteiger partial charge on any atom is -0.459 e. The molecular formula is C12H23NO2. The second kappa shape index (κ2) is 4.97. The monoisotopic (exact) mass is 213 g/mol. The molecule has 1 aliphatic carbocycles. The SMILES string of the molecule is CC(CC1CC1)NCC(=O)OC(C)(C)C. The van der Waals surface area contributed by atoms with E-state index in [0.717, 1.165) is 5.92 Å². The Kier molecular flexibility index (Phi) is 4.14. The Morgan fingerprint density at radius 1 is 1.47 bits per heavy atom. The van der Waals surface area contributed by atoms with E-state index >= 15 is 0 Å². The summed E-state index contributed by atoms with van der Waals surface area (Å²) in [6, 6.07) is 0.421. The fraction of sp³-hybridized carbons (Fsp3) is 0.917. The number of hydrogen-bond acceptors (Lipinski definition) is 3. The van der Waals surface area contributed by atoms with Crippen molar-refractivity contribution in [2.45, 2.75) is 58.6 Å². The summed E-state index contributed by atoms with van der Waals surface area (Å²) in [6.45, 7) is 8.11. The van der Waals surface area contributed by atoms with Gasteiger partial charge in [0.1, 0.15) is 5.60 Å². The molecule has 1 fully saturated rings. The van der Waals surface area contributed by atoms with E-state index in [1.54, 1.807) is 0 Å². The molecule has 0 aromatic rings. The van der Waals surface area contributed by atoms with Crippen LogP contribution in [-0.4, -0.2) is 24.2 Å². The molecule has 0 saturated heterocycles. The third-order valence-electron chi connectivity index (χ3n) is 2.40. The maximum atomic E-state index is 11.4. The number of carbonyl (C=O) groups excluding carboxylic acids is 1. The first kappa shape index (κ1) is 12.5. The predicted octanol–water partition coefficient (Wildman–Crippen LogP) is 2.11. The number of carbonyl (C=O) groups is 1. The number of ether oxygens (including phenoxy) is 1. The fourth-order valence-corrected chi connectivity index (χ4v) is 1.57. The Labute approximate surface area is 92.6 Å². The van der Waals surface area contributed by atoms with Crippen LogP contribution in [0.3, 0.4) is 0 Å². The van der Waals surface area contributed by atoms with Crippen molar-refractivity contribution in [3.8, 4) is 0 Å². The van der Waals surface area contributed by atoms with Crippen LogP contribution in [0, 0.1) is 5.92 Å². The lowest BCUT2D eigenvalue weighted by Crippen LogP contribution is -2.36. The topological polar surface area (TPSA) is 38.3 Å². The molecule has 0 radical (unpaired) electrons. The van der Waals surface area contributed by atoms with E-state index in [0.29, 0.717) is 12.6 Å². The van der Waals surface area contributed by atoms with E-state index in [4.69, 9.17) is 4.74 Å². The van der Waals surface area contributed by atoms with Gasteiger partial charge in [-0.1, -0.05) is 12.8 Å². The lowest BCUT2D eigenvalue weighted by Gasteiger charge is -2.20. The van der Waals surface area contributed by atoms with Gasteiger partial charge in [0.25, 0.3) is 0 Å². The first-order valence-electron chi connectivity index (χ1n) is 5.82. The zero-order valence-corrected chi connectivity index (χ0v) is 10.3. The first-order chi connectivity index (χ1) is 6.87. The summed E-state index contributed by atoms with van der Waals surface area (Å²) in [6.07, 6.45) is 3.90. The van der Waals surface area contributed by atoms with Crippen molar-refractivity contribution in [1.29, 1.82) is 0 Å². The summed E-state index contributed by atoms with van der Waals surface area (Å²) >= 11 is 0. The molecule has 15 heavy (non-hydrogen) atoms. The molecular weight excluding hydrogens is 190 g/mol. The molecule has 0 aromatic carbocycles. The molecule has 1 rings (SSSR count). The quantitative estimate of drug-likeness (QED) is 0.711. The zero-order chi connectivity index (χ0) is 11.5. The molecule has 1 saturated carbocycles. The number of hydrogen-bond donors (Lipinski definition) is 1. The van der Waals surface area contributed by atoms with Crippen molar-refractivity contribution in [2.75, 3.05) is 6.54 Å². The normalized spacial score (nSPS) is 18.7. The summed E-state index contributed by atoms with van der Waals surface area (Å²) in [7, 11) is 0. The Hall–Kier alpha value is -0.570. The Balaban J connectivity index is 2.09. The molecule has 1 aliphatic rings. The van der Waals surface area contributed by atoms with Gasteiger partial charge < -0.3 is 10.1 Å². The lowest BCUT2D eigenvalue weighted by molar-refractivity contribution is -0.153. The van der Waals surface area contributed by atoms with Crippen LogP contribution >= 0.6 is 0 Å². The molecule has 3 heteroatoms. The van der Waals surface area contributed by atoms with Crippen molar-refractivity contribution >= 4 is 5.97 Å². The van der Waals surface area contributed by atoms with E-state index in [-0.39, 0.29) is 11.6 Å². The highest BCUT2D eigenvalue weighted by Gasteiger charge is 2.24. The number of esters is 1. The van der Waals surface area contributed by atoms with Crippen molar-refractivity contribution in [1.82, 2.24) is 5.32 Å². The molecule has 1 unspecified atom stereocenters. The average Bonchev–Trinajstić information content (AvgIpc) is 2.81. The highest BCUT2D eigenvalue weighted by molar-refractivity contribution is 5.72. The van der Waals surface area contributed by atoms with Crippen LogP contribution < -0.4 is 5.32 Å². The molecule has 1 N–H and O–H groups in total. The molecule has 0 aliphatic heterocycles. The van der Waals surface area contributed by atoms with Crippen LogP contribution in [-0.2, 0) is 9.53 Å². The molecule has 88 valence electrons. The number of nitrogens with one attached hydrogen (secondary N) is 1. The van der Waals surface area contributed by atoms with Crippen LogP contribution in [0.5, 0.6) is 0 Å². The van der Waals surface area contributed by atoms with Crippen LogP contribution in [0.4, 0.5) is 0 Å². The van der Waals surface area contributed by atoms with Gasteiger partial charge in [-0.3, -0.25) is 4.79 Å². The highest BCUT2D eigenvalue weighted by Crippen LogP contribution is 2.33. The van der Waals surface area contributed by atoms with E-state index < -0.39 is 0 Å². The Morgan fingerprint density at radius 2 is 2.07 bits per heavy atom. The molecule has 0 spiro atoms. The van der Waals surface area contributed by atoms with E-state index in [2.05, 4.69) is 12.2 Å². The lowest BCUT2D eigenvalue weighted by atomic mass is 10.1. The molecule has 3 nitrogen and oxygen atoms in total. The van der Waals surface area contributed by atoms with Crippen molar-refractivity contribution in [2.24, 2.45) is 5.92 Å².